The Labute approximate surface area is 137 Å². The number of carbonyl (C=O) groups excluding carboxylic acids is 1. The highest BCUT2D eigenvalue weighted by molar-refractivity contribution is 5.85. The monoisotopic (exact) mass is 356 g/mol. The fourth-order valence-corrected chi connectivity index (χ4v) is 2.27. The molecule has 2 rings (SSSR count). The molecule has 1 fully saturated rings. The molecule has 0 saturated carbocycles. The van der Waals surface area contributed by atoms with Crippen LogP contribution in [-0.2, 0) is 11.2 Å². The van der Waals surface area contributed by atoms with E-state index >= 15 is 0 Å². The quantitative estimate of drug-likeness (QED) is 0.796. The lowest BCUT2D eigenvalue weighted by molar-refractivity contribution is -0.274. The Morgan fingerprint density at radius 1 is 1.35 bits per heavy atom. The Morgan fingerprint density at radius 2 is 2.04 bits per heavy atom. The Kier molecular flexibility index (Phi) is 7.08. The van der Waals surface area contributed by atoms with Crippen molar-refractivity contribution in [3.8, 4) is 5.75 Å². The van der Waals surface area contributed by atoms with Crippen LogP contribution < -0.4 is 15.4 Å². The van der Waals surface area contributed by atoms with Crippen LogP contribution in [0.1, 0.15) is 12.0 Å². The molecule has 1 aromatic rings. The molecular weight excluding hydrogens is 340 g/mol. The van der Waals surface area contributed by atoms with Crippen molar-refractivity contribution in [3.05, 3.63) is 29.8 Å². The molecule has 0 radical (unpaired) electrons. The third-order valence-corrected chi connectivity index (χ3v) is 3.29. The van der Waals surface area contributed by atoms with Gasteiger partial charge in [0.05, 0.1) is 6.04 Å². The van der Waals surface area contributed by atoms with E-state index in [2.05, 4.69) is 15.4 Å². The summed E-state index contributed by atoms with van der Waals surface area (Å²) < 4.78 is 53.7. The Balaban J connectivity index is 0.00000264. The summed E-state index contributed by atoms with van der Waals surface area (Å²) in [5.74, 6) is -0.638. The van der Waals surface area contributed by atoms with Gasteiger partial charge >= 0.3 is 6.36 Å². The molecule has 1 amide bonds. The Bertz CT molecular complexity index is 528. The lowest BCUT2D eigenvalue weighted by Crippen LogP contribution is -2.41. The molecule has 1 aliphatic rings. The SMILES string of the molecule is Cl.O=C(NCCc1ccccc1OC(F)(F)F)[C@H]1C[C@H](F)CN1. The van der Waals surface area contributed by atoms with E-state index in [4.69, 9.17) is 0 Å². The normalized spacial score (nSPS) is 20.7. The number of rotatable bonds is 5. The molecule has 0 bridgehead atoms. The minimum Gasteiger partial charge on any atom is -0.406 e. The first-order valence-electron chi connectivity index (χ1n) is 6.84. The molecule has 1 aliphatic heterocycles. The van der Waals surface area contributed by atoms with E-state index in [1.165, 1.54) is 18.2 Å². The molecule has 2 atom stereocenters. The summed E-state index contributed by atoms with van der Waals surface area (Å²) in [5.41, 5.74) is 0.336. The van der Waals surface area contributed by atoms with Gasteiger partial charge in [0, 0.05) is 19.5 Å². The largest absolute Gasteiger partial charge is 0.573 e. The zero-order valence-corrected chi connectivity index (χ0v) is 12.8. The smallest absolute Gasteiger partial charge is 0.406 e. The number of alkyl halides is 4. The summed E-state index contributed by atoms with van der Waals surface area (Å²) in [6.07, 6.45) is -5.51. The average Bonchev–Trinajstić information content (AvgIpc) is 2.86. The maximum atomic E-state index is 13.0. The molecule has 2 N–H and O–H groups in total. The lowest BCUT2D eigenvalue weighted by Gasteiger charge is -2.14. The van der Waals surface area contributed by atoms with E-state index in [1.54, 1.807) is 6.07 Å². The Hall–Kier alpha value is -1.54. The molecular formula is C14H17ClF4N2O2. The summed E-state index contributed by atoms with van der Waals surface area (Å²) in [5, 5.41) is 5.32. The first kappa shape index (κ1) is 19.5. The topological polar surface area (TPSA) is 50.4 Å². The van der Waals surface area contributed by atoms with Crippen LogP contribution in [0.15, 0.2) is 24.3 Å². The number of carbonyl (C=O) groups is 1. The van der Waals surface area contributed by atoms with Crippen LogP contribution in [-0.4, -0.2) is 37.6 Å². The van der Waals surface area contributed by atoms with Crippen molar-refractivity contribution >= 4 is 18.3 Å². The number of benzene rings is 1. The van der Waals surface area contributed by atoms with E-state index < -0.39 is 18.6 Å². The van der Waals surface area contributed by atoms with Crippen LogP contribution in [0.25, 0.3) is 0 Å². The molecule has 1 saturated heterocycles. The molecule has 0 aromatic heterocycles. The number of ether oxygens (including phenoxy) is 1. The predicted molar refractivity (Wildman–Crippen MR) is 78.4 cm³/mol. The maximum absolute atomic E-state index is 13.0. The van der Waals surface area contributed by atoms with Crippen LogP contribution in [0, 0.1) is 0 Å². The lowest BCUT2D eigenvalue weighted by atomic mass is 10.1. The van der Waals surface area contributed by atoms with Gasteiger partial charge in [0.2, 0.25) is 5.91 Å². The second kappa shape index (κ2) is 8.35. The summed E-state index contributed by atoms with van der Waals surface area (Å²) in [4.78, 5) is 11.7. The predicted octanol–water partition coefficient (Wildman–Crippen LogP) is 2.37. The van der Waals surface area contributed by atoms with Crippen molar-refractivity contribution in [2.75, 3.05) is 13.1 Å². The second-order valence-electron chi connectivity index (χ2n) is 4.99. The van der Waals surface area contributed by atoms with E-state index in [-0.39, 0.29) is 50.0 Å². The highest BCUT2D eigenvalue weighted by Gasteiger charge is 2.32. The standard InChI is InChI=1S/C14H16F4N2O2.ClH/c15-10-7-11(20-8-10)13(21)19-6-5-9-3-1-2-4-12(9)22-14(16,17)18;/h1-4,10-11,20H,5-8H2,(H,19,21);1H/t10-,11+;/m0./s1. The molecule has 0 aliphatic carbocycles. The van der Waals surface area contributed by atoms with Crippen molar-refractivity contribution in [1.82, 2.24) is 10.6 Å². The average molecular weight is 357 g/mol. The molecule has 1 aromatic carbocycles. The van der Waals surface area contributed by atoms with Gasteiger partial charge in [0.25, 0.3) is 0 Å². The van der Waals surface area contributed by atoms with Crippen LogP contribution in [0.5, 0.6) is 5.75 Å². The van der Waals surface area contributed by atoms with Crippen molar-refractivity contribution in [2.45, 2.75) is 31.4 Å². The highest BCUT2D eigenvalue weighted by atomic mass is 35.5. The number of para-hydroxylation sites is 1. The van der Waals surface area contributed by atoms with Gasteiger partial charge in [-0.05, 0) is 18.1 Å². The van der Waals surface area contributed by atoms with Crippen molar-refractivity contribution in [1.29, 1.82) is 0 Å². The van der Waals surface area contributed by atoms with Gasteiger partial charge in [0.15, 0.2) is 0 Å². The summed E-state index contributed by atoms with van der Waals surface area (Å²) >= 11 is 0. The van der Waals surface area contributed by atoms with Gasteiger partial charge in [-0.1, -0.05) is 18.2 Å². The van der Waals surface area contributed by atoms with Gasteiger partial charge < -0.3 is 15.4 Å². The minimum absolute atomic E-state index is 0. The fourth-order valence-electron chi connectivity index (χ4n) is 2.27. The van der Waals surface area contributed by atoms with Crippen LogP contribution in [0.4, 0.5) is 17.6 Å². The highest BCUT2D eigenvalue weighted by Crippen LogP contribution is 2.26. The number of hydrogen-bond acceptors (Lipinski definition) is 3. The molecule has 1 heterocycles. The van der Waals surface area contributed by atoms with Gasteiger partial charge in [-0.2, -0.15) is 0 Å². The summed E-state index contributed by atoms with van der Waals surface area (Å²) in [6.45, 7) is 0.284. The summed E-state index contributed by atoms with van der Waals surface area (Å²) in [6, 6.07) is 5.16. The molecule has 0 spiro atoms. The van der Waals surface area contributed by atoms with E-state index in [0.29, 0.717) is 5.56 Å². The third-order valence-electron chi connectivity index (χ3n) is 3.29. The van der Waals surface area contributed by atoms with Crippen LogP contribution in [0.2, 0.25) is 0 Å². The van der Waals surface area contributed by atoms with E-state index in [9.17, 15) is 22.4 Å². The second-order valence-corrected chi connectivity index (χ2v) is 4.99. The van der Waals surface area contributed by atoms with Crippen LogP contribution in [0.3, 0.4) is 0 Å². The van der Waals surface area contributed by atoms with Crippen LogP contribution >= 0.6 is 12.4 Å². The molecule has 0 unspecified atom stereocenters. The number of halogens is 5. The van der Waals surface area contributed by atoms with Crippen molar-refractivity contribution in [3.63, 3.8) is 0 Å². The molecule has 9 heteroatoms. The van der Waals surface area contributed by atoms with Crippen molar-refractivity contribution in [2.24, 2.45) is 0 Å². The molecule has 4 nitrogen and oxygen atoms in total. The Morgan fingerprint density at radius 3 is 2.65 bits per heavy atom. The number of nitrogens with one attached hydrogen (secondary N) is 2. The zero-order valence-electron chi connectivity index (χ0n) is 12.0. The minimum atomic E-state index is -4.76. The van der Waals surface area contributed by atoms with Gasteiger partial charge in [-0.25, -0.2) is 4.39 Å². The van der Waals surface area contributed by atoms with Crippen molar-refractivity contribution < 1.29 is 27.1 Å². The maximum Gasteiger partial charge on any atom is 0.573 e. The number of amides is 1. The van der Waals surface area contributed by atoms with Gasteiger partial charge in [-0.15, -0.1) is 25.6 Å². The van der Waals surface area contributed by atoms with E-state index in [0.717, 1.165) is 0 Å². The molecule has 23 heavy (non-hydrogen) atoms. The molecule has 130 valence electrons. The first-order valence-corrected chi connectivity index (χ1v) is 6.84. The third kappa shape index (κ3) is 6.23. The zero-order chi connectivity index (χ0) is 16.2. The fraction of sp³-hybridized carbons (Fsp3) is 0.500. The van der Waals surface area contributed by atoms with E-state index in [1.807, 2.05) is 0 Å². The van der Waals surface area contributed by atoms with Gasteiger partial charge in [-0.3, -0.25) is 4.79 Å². The first-order chi connectivity index (χ1) is 10.3. The summed E-state index contributed by atoms with van der Waals surface area (Å²) in [7, 11) is 0. The van der Waals surface area contributed by atoms with Gasteiger partial charge in [0.1, 0.15) is 11.9 Å². The number of hydrogen-bond donors (Lipinski definition) is 2.